The number of urea groups is 1. The Kier molecular flexibility index (Phi) is 2.30. The van der Waals surface area contributed by atoms with Crippen LogP contribution in [0.1, 0.15) is 0 Å². The van der Waals surface area contributed by atoms with Crippen molar-refractivity contribution < 1.29 is 9.59 Å². The zero-order valence-electron chi connectivity index (χ0n) is 6.39. The van der Waals surface area contributed by atoms with E-state index in [0.717, 1.165) is 13.1 Å². The molecule has 5 heteroatoms. The van der Waals surface area contributed by atoms with Crippen molar-refractivity contribution in [1.82, 2.24) is 15.5 Å². The first-order valence-corrected chi connectivity index (χ1v) is 3.47. The number of amides is 3. The van der Waals surface area contributed by atoms with E-state index < -0.39 is 0 Å². The maximum absolute atomic E-state index is 10.9. The highest BCUT2D eigenvalue weighted by molar-refractivity contribution is 5.84. The van der Waals surface area contributed by atoms with E-state index in [4.69, 9.17) is 0 Å². The molecule has 5 nitrogen and oxygen atoms in total. The van der Waals surface area contributed by atoms with Crippen molar-refractivity contribution in [2.24, 2.45) is 0 Å². The maximum atomic E-state index is 10.9. The molecule has 0 atom stereocenters. The molecule has 0 saturated carbocycles. The van der Waals surface area contributed by atoms with Crippen LogP contribution in [0.15, 0.2) is 0 Å². The molecule has 0 aromatic rings. The average molecular weight is 157 g/mol. The van der Waals surface area contributed by atoms with Crippen LogP contribution in [0.4, 0.5) is 4.79 Å². The second kappa shape index (κ2) is 3.23. The number of hydrogen-bond acceptors (Lipinski definition) is 2. The van der Waals surface area contributed by atoms with E-state index in [0.29, 0.717) is 0 Å². The highest BCUT2D eigenvalue weighted by Crippen LogP contribution is 2.01. The molecule has 2 N–H and O–H groups in total. The standard InChI is InChI=1S/C6H11N3O2/c1-7-6(11)8-4-5(10)9-2-3-9/h2-4H2,1H3,(H2,7,8,11). The minimum atomic E-state index is -0.319. The Morgan fingerprint density at radius 3 is 2.55 bits per heavy atom. The van der Waals surface area contributed by atoms with Crippen LogP contribution in [0.3, 0.4) is 0 Å². The topological polar surface area (TPSA) is 61.2 Å². The van der Waals surface area contributed by atoms with Gasteiger partial charge >= 0.3 is 6.03 Å². The van der Waals surface area contributed by atoms with Crippen LogP contribution in [0.5, 0.6) is 0 Å². The molecule has 0 spiro atoms. The molecule has 1 heterocycles. The summed E-state index contributed by atoms with van der Waals surface area (Å²) in [6.07, 6.45) is 0. The summed E-state index contributed by atoms with van der Waals surface area (Å²) in [5, 5.41) is 4.77. The van der Waals surface area contributed by atoms with Crippen molar-refractivity contribution in [3.63, 3.8) is 0 Å². The molecule has 0 aromatic heterocycles. The predicted molar refractivity (Wildman–Crippen MR) is 39.0 cm³/mol. The third kappa shape index (κ3) is 2.45. The molecule has 1 aliphatic heterocycles. The highest BCUT2D eigenvalue weighted by Gasteiger charge is 2.23. The summed E-state index contributed by atoms with van der Waals surface area (Å²) < 4.78 is 0. The van der Waals surface area contributed by atoms with Gasteiger partial charge in [-0.25, -0.2) is 4.79 Å². The quantitative estimate of drug-likeness (QED) is 0.492. The summed E-state index contributed by atoms with van der Waals surface area (Å²) in [6, 6.07) is -0.319. The molecule has 0 bridgehead atoms. The first-order chi connectivity index (χ1) is 5.24. The van der Waals surface area contributed by atoms with E-state index in [1.807, 2.05) is 0 Å². The van der Waals surface area contributed by atoms with Crippen LogP contribution in [0.25, 0.3) is 0 Å². The molecule has 0 radical (unpaired) electrons. The summed E-state index contributed by atoms with van der Waals surface area (Å²) in [4.78, 5) is 23.1. The van der Waals surface area contributed by atoms with Crippen LogP contribution in [-0.4, -0.2) is 43.5 Å². The number of nitrogens with one attached hydrogen (secondary N) is 2. The van der Waals surface area contributed by atoms with Crippen molar-refractivity contribution >= 4 is 11.9 Å². The lowest BCUT2D eigenvalue weighted by atomic mass is 10.6. The van der Waals surface area contributed by atoms with Crippen LogP contribution in [-0.2, 0) is 4.79 Å². The van der Waals surface area contributed by atoms with Crippen LogP contribution >= 0.6 is 0 Å². The molecule has 0 unspecified atom stereocenters. The molecule has 0 aromatic carbocycles. The van der Waals surface area contributed by atoms with Gasteiger partial charge in [-0.3, -0.25) is 4.79 Å². The molecule has 62 valence electrons. The van der Waals surface area contributed by atoms with Gasteiger partial charge in [0.1, 0.15) is 0 Å². The normalized spacial score (nSPS) is 14.1. The van der Waals surface area contributed by atoms with Gasteiger partial charge in [0.25, 0.3) is 0 Å². The number of carbonyl (C=O) groups is 2. The molecular weight excluding hydrogens is 146 g/mol. The Labute approximate surface area is 64.7 Å². The fourth-order valence-corrected chi connectivity index (χ4v) is 0.655. The van der Waals surface area contributed by atoms with Crippen molar-refractivity contribution in [2.45, 2.75) is 0 Å². The van der Waals surface area contributed by atoms with E-state index in [-0.39, 0.29) is 18.5 Å². The van der Waals surface area contributed by atoms with Gasteiger partial charge in [0.2, 0.25) is 5.91 Å². The van der Waals surface area contributed by atoms with Crippen molar-refractivity contribution in [3.05, 3.63) is 0 Å². The van der Waals surface area contributed by atoms with Crippen LogP contribution < -0.4 is 10.6 Å². The summed E-state index contributed by atoms with van der Waals surface area (Å²) in [5.41, 5.74) is 0. The van der Waals surface area contributed by atoms with E-state index in [2.05, 4.69) is 10.6 Å². The fourth-order valence-electron chi connectivity index (χ4n) is 0.655. The largest absolute Gasteiger partial charge is 0.341 e. The first kappa shape index (κ1) is 7.84. The van der Waals surface area contributed by atoms with Gasteiger partial charge in [-0.15, -0.1) is 0 Å². The minimum Gasteiger partial charge on any atom is -0.341 e. The van der Waals surface area contributed by atoms with Gasteiger partial charge in [-0.05, 0) is 0 Å². The van der Waals surface area contributed by atoms with E-state index >= 15 is 0 Å². The molecular formula is C6H11N3O2. The summed E-state index contributed by atoms with van der Waals surface area (Å²) in [7, 11) is 1.51. The third-order valence-electron chi connectivity index (χ3n) is 1.43. The number of nitrogens with zero attached hydrogens (tertiary/aromatic N) is 1. The molecule has 3 amide bonds. The second-order valence-electron chi connectivity index (χ2n) is 2.31. The summed E-state index contributed by atoms with van der Waals surface area (Å²) in [5.74, 6) is -0.0198. The number of carbonyl (C=O) groups excluding carboxylic acids is 2. The summed E-state index contributed by atoms with van der Waals surface area (Å²) in [6.45, 7) is 1.75. The van der Waals surface area contributed by atoms with Gasteiger partial charge in [0.15, 0.2) is 0 Å². The SMILES string of the molecule is CNC(=O)NCC(=O)N1CC1. The monoisotopic (exact) mass is 157 g/mol. The fraction of sp³-hybridized carbons (Fsp3) is 0.667. The lowest BCUT2D eigenvalue weighted by molar-refractivity contribution is -0.124. The van der Waals surface area contributed by atoms with Crippen molar-refractivity contribution in [2.75, 3.05) is 26.7 Å². The predicted octanol–water partition coefficient (Wildman–Crippen LogP) is -1.24. The third-order valence-corrected chi connectivity index (χ3v) is 1.43. The van der Waals surface area contributed by atoms with Gasteiger partial charge in [-0.2, -0.15) is 0 Å². The molecule has 1 fully saturated rings. The molecule has 11 heavy (non-hydrogen) atoms. The molecule has 1 aliphatic rings. The zero-order valence-corrected chi connectivity index (χ0v) is 6.39. The Hall–Kier alpha value is -1.26. The Balaban J connectivity index is 2.10. The minimum absolute atomic E-state index is 0.0198. The number of hydrogen-bond donors (Lipinski definition) is 2. The first-order valence-electron chi connectivity index (χ1n) is 3.47. The Morgan fingerprint density at radius 2 is 2.09 bits per heavy atom. The average Bonchev–Trinajstić information content (AvgIpc) is 2.81. The van der Waals surface area contributed by atoms with Crippen molar-refractivity contribution in [1.29, 1.82) is 0 Å². The van der Waals surface area contributed by atoms with Crippen LogP contribution in [0.2, 0.25) is 0 Å². The van der Waals surface area contributed by atoms with Crippen LogP contribution in [0, 0.1) is 0 Å². The molecule has 1 saturated heterocycles. The molecule has 1 rings (SSSR count). The van der Waals surface area contributed by atoms with E-state index in [9.17, 15) is 9.59 Å². The van der Waals surface area contributed by atoms with Crippen molar-refractivity contribution in [3.8, 4) is 0 Å². The van der Waals surface area contributed by atoms with E-state index in [1.54, 1.807) is 4.90 Å². The van der Waals surface area contributed by atoms with Gasteiger partial charge in [-0.1, -0.05) is 0 Å². The Bertz CT molecular complexity index is 177. The molecule has 0 aliphatic carbocycles. The summed E-state index contributed by atoms with van der Waals surface area (Å²) >= 11 is 0. The Morgan fingerprint density at radius 1 is 1.45 bits per heavy atom. The smallest absolute Gasteiger partial charge is 0.314 e. The van der Waals surface area contributed by atoms with Gasteiger partial charge in [0, 0.05) is 20.1 Å². The second-order valence-corrected chi connectivity index (χ2v) is 2.31. The zero-order chi connectivity index (χ0) is 8.27. The van der Waals surface area contributed by atoms with Gasteiger partial charge < -0.3 is 15.5 Å². The van der Waals surface area contributed by atoms with Gasteiger partial charge in [0.05, 0.1) is 6.54 Å². The van der Waals surface area contributed by atoms with E-state index in [1.165, 1.54) is 7.05 Å². The maximum Gasteiger partial charge on any atom is 0.314 e. The lowest BCUT2D eigenvalue weighted by Crippen LogP contribution is -2.38. The lowest BCUT2D eigenvalue weighted by Gasteiger charge is -2.02. The number of rotatable bonds is 2. The highest BCUT2D eigenvalue weighted by atomic mass is 16.2.